The lowest BCUT2D eigenvalue weighted by molar-refractivity contribution is -0.135. The van der Waals surface area contributed by atoms with Crippen LogP contribution >= 0.6 is 0 Å². The summed E-state index contributed by atoms with van der Waals surface area (Å²) < 4.78 is 0. The summed E-state index contributed by atoms with van der Waals surface area (Å²) in [5.41, 5.74) is 7.62. The van der Waals surface area contributed by atoms with E-state index in [2.05, 4.69) is 38.1 Å². The van der Waals surface area contributed by atoms with Crippen LogP contribution in [0.4, 0.5) is 11.4 Å². The zero-order chi connectivity index (χ0) is 21.0. The van der Waals surface area contributed by atoms with Crippen LogP contribution in [0.25, 0.3) is 0 Å². The Kier molecular flexibility index (Phi) is 4.11. The standard InChI is InChI=1S/C24H22N4O2/c1-15-8-7-9-19(14-15)24(29)27-21-11-6-5-10-20(21)26-23(25-30-28(26)27)22-17(3)12-16(2)13-18(22)4/h5-14H,1-4H3. The van der Waals surface area contributed by atoms with Gasteiger partial charge in [0, 0.05) is 11.1 Å². The van der Waals surface area contributed by atoms with Gasteiger partial charge in [-0.25, -0.2) is 0 Å². The van der Waals surface area contributed by atoms with Crippen molar-refractivity contribution >= 4 is 23.1 Å². The third kappa shape index (κ3) is 2.69. The van der Waals surface area contributed by atoms with E-state index >= 15 is 0 Å². The molecule has 2 aliphatic rings. The molecule has 0 bridgehead atoms. The first kappa shape index (κ1) is 18.4. The first-order valence-electron chi connectivity index (χ1n) is 9.89. The Bertz CT molecular complexity index is 1190. The average Bonchev–Trinajstić information content (AvgIpc) is 3.25. The summed E-state index contributed by atoms with van der Waals surface area (Å²) in [4.78, 5) is 19.2. The van der Waals surface area contributed by atoms with Gasteiger partial charge in [-0.3, -0.25) is 9.73 Å². The van der Waals surface area contributed by atoms with Crippen LogP contribution < -0.4 is 10.0 Å². The van der Waals surface area contributed by atoms with E-state index in [0.717, 1.165) is 33.6 Å². The number of amides is 1. The van der Waals surface area contributed by atoms with Gasteiger partial charge in [0.05, 0.1) is 16.7 Å². The summed E-state index contributed by atoms with van der Waals surface area (Å²) in [6, 6.07) is 19.5. The second-order valence-electron chi connectivity index (χ2n) is 7.81. The van der Waals surface area contributed by atoms with Gasteiger partial charge in [0.25, 0.3) is 5.91 Å². The van der Waals surface area contributed by atoms with Crippen molar-refractivity contribution < 1.29 is 9.73 Å². The van der Waals surface area contributed by atoms with E-state index in [0.29, 0.717) is 11.4 Å². The SMILES string of the molecule is Cc1cccc(C(=O)N2c3ccccc3N3C(c4c(C)cc(C)cc4C)=NON23)c1. The second kappa shape index (κ2) is 6.71. The van der Waals surface area contributed by atoms with Crippen LogP contribution in [0.5, 0.6) is 0 Å². The maximum atomic E-state index is 13.5. The van der Waals surface area contributed by atoms with E-state index < -0.39 is 0 Å². The number of nitrogens with zero attached hydrogens (tertiary/aromatic N) is 4. The number of carbonyl (C=O) groups is 1. The number of amidine groups is 1. The largest absolute Gasteiger partial charge is 0.277 e. The highest BCUT2D eigenvalue weighted by Crippen LogP contribution is 2.43. The molecule has 0 N–H and O–H groups in total. The van der Waals surface area contributed by atoms with Gasteiger partial charge in [-0.2, -0.15) is 10.0 Å². The molecule has 5 rings (SSSR count). The third-order valence-electron chi connectivity index (χ3n) is 5.44. The Hall–Kier alpha value is -3.64. The highest BCUT2D eigenvalue weighted by Gasteiger charge is 2.47. The van der Waals surface area contributed by atoms with Crippen molar-refractivity contribution in [3.8, 4) is 0 Å². The van der Waals surface area contributed by atoms with Gasteiger partial charge < -0.3 is 0 Å². The van der Waals surface area contributed by atoms with Gasteiger partial charge in [-0.05, 0) is 68.2 Å². The predicted octanol–water partition coefficient (Wildman–Crippen LogP) is 4.83. The van der Waals surface area contributed by atoms with Crippen LogP contribution in [-0.2, 0) is 4.94 Å². The molecular formula is C24H22N4O2. The van der Waals surface area contributed by atoms with E-state index in [-0.39, 0.29) is 5.91 Å². The number of anilines is 2. The highest BCUT2D eigenvalue weighted by atomic mass is 16.9. The number of aryl methyl sites for hydroxylation is 4. The highest BCUT2D eigenvalue weighted by molar-refractivity contribution is 6.17. The van der Waals surface area contributed by atoms with Crippen molar-refractivity contribution in [2.75, 3.05) is 10.0 Å². The lowest BCUT2D eigenvalue weighted by Crippen LogP contribution is -2.49. The molecule has 150 valence electrons. The molecule has 0 fully saturated rings. The minimum absolute atomic E-state index is 0.178. The quantitative estimate of drug-likeness (QED) is 0.621. The molecule has 0 radical (unpaired) electrons. The zero-order valence-corrected chi connectivity index (χ0v) is 17.4. The van der Waals surface area contributed by atoms with Crippen LogP contribution in [0, 0.1) is 27.7 Å². The number of hydrazine groups is 2. The lowest BCUT2D eigenvalue weighted by Gasteiger charge is -2.25. The number of para-hydroxylation sites is 2. The zero-order valence-electron chi connectivity index (χ0n) is 17.4. The van der Waals surface area contributed by atoms with Crippen molar-refractivity contribution in [2.24, 2.45) is 5.16 Å². The van der Waals surface area contributed by atoms with Crippen molar-refractivity contribution in [2.45, 2.75) is 27.7 Å². The molecule has 3 aromatic rings. The van der Waals surface area contributed by atoms with Gasteiger partial charge in [-0.15, -0.1) is 0 Å². The molecule has 1 amide bonds. The van der Waals surface area contributed by atoms with Crippen LogP contribution in [0.2, 0.25) is 0 Å². The van der Waals surface area contributed by atoms with Crippen LogP contribution in [0.1, 0.15) is 38.2 Å². The fourth-order valence-electron chi connectivity index (χ4n) is 4.25. The second-order valence-corrected chi connectivity index (χ2v) is 7.81. The molecule has 3 aromatic carbocycles. The minimum atomic E-state index is -0.178. The Morgan fingerprint density at radius 3 is 2.23 bits per heavy atom. The van der Waals surface area contributed by atoms with E-state index in [1.165, 1.54) is 15.9 Å². The summed E-state index contributed by atoms with van der Waals surface area (Å²) in [5, 5.41) is 9.18. The average molecular weight is 398 g/mol. The van der Waals surface area contributed by atoms with Gasteiger partial charge in [0.15, 0.2) is 0 Å². The topological polar surface area (TPSA) is 48.4 Å². The van der Waals surface area contributed by atoms with E-state index in [1.807, 2.05) is 60.5 Å². The van der Waals surface area contributed by atoms with Crippen LogP contribution in [-0.4, -0.2) is 17.0 Å². The van der Waals surface area contributed by atoms with Gasteiger partial charge >= 0.3 is 0 Å². The summed E-state index contributed by atoms with van der Waals surface area (Å²) >= 11 is 0. The number of oxime groups is 1. The molecule has 0 unspecified atom stereocenters. The molecule has 0 saturated carbocycles. The molecule has 0 atom stereocenters. The molecule has 2 aliphatic heterocycles. The lowest BCUT2D eigenvalue weighted by atomic mass is 9.98. The Balaban J connectivity index is 1.61. The molecule has 0 aromatic heterocycles. The van der Waals surface area contributed by atoms with Crippen molar-refractivity contribution in [1.29, 1.82) is 0 Å². The Morgan fingerprint density at radius 2 is 1.53 bits per heavy atom. The fourth-order valence-corrected chi connectivity index (χ4v) is 4.25. The van der Waals surface area contributed by atoms with E-state index in [4.69, 9.17) is 4.94 Å². The molecule has 30 heavy (non-hydrogen) atoms. The fraction of sp³-hybridized carbons (Fsp3) is 0.167. The van der Waals surface area contributed by atoms with E-state index in [9.17, 15) is 4.79 Å². The Morgan fingerprint density at radius 1 is 0.833 bits per heavy atom. The first-order chi connectivity index (χ1) is 14.5. The molecule has 2 heterocycles. The van der Waals surface area contributed by atoms with Crippen molar-refractivity contribution in [3.63, 3.8) is 0 Å². The predicted molar refractivity (Wildman–Crippen MR) is 117 cm³/mol. The van der Waals surface area contributed by atoms with Crippen LogP contribution in [0.3, 0.4) is 0 Å². The van der Waals surface area contributed by atoms with E-state index in [1.54, 1.807) is 0 Å². The molecular weight excluding hydrogens is 376 g/mol. The number of carbonyl (C=O) groups excluding carboxylic acids is 1. The molecule has 0 saturated heterocycles. The molecule has 0 aliphatic carbocycles. The summed E-state index contributed by atoms with van der Waals surface area (Å²) in [5.74, 6) is 0.486. The van der Waals surface area contributed by atoms with Crippen molar-refractivity contribution in [3.05, 3.63) is 94.0 Å². The van der Waals surface area contributed by atoms with Gasteiger partial charge in [0.1, 0.15) is 0 Å². The number of hydrogen-bond acceptors (Lipinski definition) is 5. The number of hydrogen-bond donors (Lipinski definition) is 0. The first-order valence-corrected chi connectivity index (χ1v) is 9.89. The third-order valence-corrected chi connectivity index (χ3v) is 5.44. The summed E-state index contributed by atoms with van der Waals surface area (Å²) in [6.07, 6.45) is 0. The number of fused-ring (bicyclic) bond motifs is 3. The monoisotopic (exact) mass is 398 g/mol. The normalized spacial score (nSPS) is 15.0. The van der Waals surface area contributed by atoms with Gasteiger partial charge in [-0.1, -0.05) is 47.5 Å². The molecule has 6 heteroatoms. The Labute approximate surface area is 175 Å². The van der Waals surface area contributed by atoms with Gasteiger partial charge in [0.2, 0.25) is 5.84 Å². The van der Waals surface area contributed by atoms with Crippen molar-refractivity contribution in [1.82, 2.24) is 5.28 Å². The van der Waals surface area contributed by atoms with Crippen LogP contribution in [0.15, 0.2) is 65.8 Å². The minimum Gasteiger partial charge on any atom is -0.267 e. The summed E-state index contributed by atoms with van der Waals surface area (Å²) in [7, 11) is 0. The summed E-state index contributed by atoms with van der Waals surface area (Å²) in [6.45, 7) is 8.18. The smallest absolute Gasteiger partial charge is 0.267 e. The number of benzene rings is 3. The number of rotatable bonds is 2. The maximum absolute atomic E-state index is 13.5. The molecule has 0 spiro atoms. The molecule has 6 nitrogen and oxygen atoms in total. The maximum Gasteiger partial charge on any atom is 0.277 e.